The Labute approximate surface area is 88.3 Å². The summed E-state index contributed by atoms with van der Waals surface area (Å²) in [5.74, 6) is 0.588. The van der Waals surface area contributed by atoms with Crippen LogP contribution in [0.4, 0.5) is 5.82 Å². The summed E-state index contributed by atoms with van der Waals surface area (Å²) >= 11 is 5.67. The molecule has 2 atom stereocenters. The third-order valence-electron chi connectivity index (χ3n) is 1.96. The monoisotopic (exact) mass is 215 g/mol. The molecular weight excluding hydrogens is 202 g/mol. The van der Waals surface area contributed by atoms with Gasteiger partial charge in [-0.3, -0.25) is 4.98 Å². The Hall–Kier alpha value is -0.870. The van der Waals surface area contributed by atoms with Crippen molar-refractivity contribution >= 4 is 17.4 Å². The minimum Gasteiger partial charge on any atom is -0.391 e. The number of anilines is 1. The summed E-state index contributed by atoms with van der Waals surface area (Å²) in [6.45, 7) is 3.72. The molecule has 1 aromatic heterocycles. The van der Waals surface area contributed by atoms with Crippen LogP contribution in [0, 0.1) is 0 Å². The lowest BCUT2D eigenvalue weighted by molar-refractivity contribution is 0.169. The molecule has 0 saturated carbocycles. The first-order chi connectivity index (χ1) is 6.63. The summed E-state index contributed by atoms with van der Waals surface area (Å²) in [7, 11) is 0. The van der Waals surface area contributed by atoms with E-state index < -0.39 is 6.10 Å². The fourth-order valence-corrected chi connectivity index (χ4v) is 1.31. The van der Waals surface area contributed by atoms with Gasteiger partial charge in [0, 0.05) is 0 Å². The normalized spacial score (nSPS) is 14.9. The Kier molecular flexibility index (Phi) is 4.10. The van der Waals surface area contributed by atoms with Crippen molar-refractivity contribution in [2.75, 3.05) is 5.32 Å². The van der Waals surface area contributed by atoms with Gasteiger partial charge in [-0.1, -0.05) is 18.5 Å². The summed E-state index contributed by atoms with van der Waals surface area (Å²) in [4.78, 5) is 7.92. The van der Waals surface area contributed by atoms with Gasteiger partial charge < -0.3 is 10.4 Å². The van der Waals surface area contributed by atoms with Crippen molar-refractivity contribution in [3.8, 4) is 0 Å². The molecule has 0 aliphatic heterocycles. The Balaban J connectivity index is 2.67. The van der Waals surface area contributed by atoms with Gasteiger partial charge in [-0.25, -0.2) is 4.98 Å². The zero-order valence-electron chi connectivity index (χ0n) is 8.24. The Bertz CT molecular complexity index is 293. The fraction of sp³-hybridized carbons (Fsp3) is 0.556. The van der Waals surface area contributed by atoms with Gasteiger partial charge in [0.1, 0.15) is 11.0 Å². The summed E-state index contributed by atoms with van der Waals surface area (Å²) in [5, 5.41) is 12.8. The molecule has 1 aromatic rings. The van der Waals surface area contributed by atoms with E-state index in [0.717, 1.165) is 6.42 Å². The molecular formula is C9H14ClN3O. The lowest BCUT2D eigenvalue weighted by atomic mass is 10.1. The number of nitrogens with one attached hydrogen (secondary N) is 1. The number of nitrogens with zero attached hydrogens (tertiary/aromatic N) is 2. The smallest absolute Gasteiger partial charge is 0.149 e. The van der Waals surface area contributed by atoms with Crippen molar-refractivity contribution in [1.29, 1.82) is 0 Å². The molecule has 0 radical (unpaired) electrons. The van der Waals surface area contributed by atoms with Crippen LogP contribution in [-0.2, 0) is 0 Å². The van der Waals surface area contributed by atoms with Crippen LogP contribution in [0.15, 0.2) is 12.4 Å². The van der Waals surface area contributed by atoms with Gasteiger partial charge in [0.2, 0.25) is 0 Å². The Morgan fingerprint density at radius 1 is 1.57 bits per heavy atom. The van der Waals surface area contributed by atoms with Crippen molar-refractivity contribution < 1.29 is 5.11 Å². The zero-order chi connectivity index (χ0) is 10.6. The van der Waals surface area contributed by atoms with Crippen molar-refractivity contribution in [3.05, 3.63) is 17.5 Å². The summed E-state index contributed by atoms with van der Waals surface area (Å²) in [5.41, 5.74) is 0. The molecule has 1 rings (SSSR count). The molecule has 0 aliphatic carbocycles. The molecule has 0 amide bonds. The number of rotatable bonds is 4. The van der Waals surface area contributed by atoms with Crippen LogP contribution in [0.5, 0.6) is 0 Å². The molecule has 0 aromatic carbocycles. The summed E-state index contributed by atoms with van der Waals surface area (Å²) < 4.78 is 0. The van der Waals surface area contributed by atoms with Crippen LogP contribution >= 0.6 is 11.6 Å². The highest BCUT2D eigenvalue weighted by Crippen LogP contribution is 2.10. The van der Waals surface area contributed by atoms with Crippen molar-refractivity contribution in [2.24, 2.45) is 0 Å². The van der Waals surface area contributed by atoms with E-state index in [0.29, 0.717) is 11.0 Å². The van der Waals surface area contributed by atoms with Crippen LogP contribution in [-0.4, -0.2) is 27.2 Å². The van der Waals surface area contributed by atoms with E-state index in [1.54, 1.807) is 13.1 Å². The maximum absolute atomic E-state index is 9.40. The SMILES string of the molecule is CC[C@@H](Nc1cncc(Cl)n1)[C@H](C)O. The number of aromatic nitrogens is 2. The maximum atomic E-state index is 9.40. The van der Waals surface area contributed by atoms with Crippen LogP contribution in [0.2, 0.25) is 5.15 Å². The molecule has 78 valence electrons. The predicted molar refractivity (Wildman–Crippen MR) is 56.4 cm³/mol. The minimum atomic E-state index is -0.430. The van der Waals surface area contributed by atoms with E-state index in [9.17, 15) is 5.11 Å². The van der Waals surface area contributed by atoms with Crippen LogP contribution in [0.25, 0.3) is 0 Å². The van der Waals surface area contributed by atoms with Crippen molar-refractivity contribution in [1.82, 2.24) is 9.97 Å². The third-order valence-corrected chi connectivity index (χ3v) is 2.14. The van der Waals surface area contributed by atoms with E-state index in [4.69, 9.17) is 11.6 Å². The summed E-state index contributed by atoms with van der Waals surface area (Å²) in [6.07, 6.45) is 3.43. The van der Waals surface area contributed by atoms with Gasteiger partial charge in [-0.2, -0.15) is 0 Å². The standard InChI is InChI=1S/C9H14ClN3O/c1-3-7(6(2)14)12-9-5-11-4-8(10)13-9/h4-7,14H,3H2,1-2H3,(H,12,13)/t6-,7+/m0/s1. The van der Waals surface area contributed by atoms with Crippen molar-refractivity contribution in [3.63, 3.8) is 0 Å². The van der Waals surface area contributed by atoms with Gasteiger partial charge >= 0.3 is 0 Å². The van der Waals surface area contributed by atoms with Crippen LogP contribution < -0.4 is 5.32 Å². The van der Waals surface area contributed by atoms with E-state index in [2.05, 4.69) is 15.3 Å². The highest BCUT2D eigenvalue weighted by Gasteiger charge is 2.12. The number of aliphatic hydroxyl groups excluding tert-OH is 1. The number of hydrogen-bond acceptors (Lipinski definition) is 4. The van der Waals surface area contributed by atoms with Crippen molar-refractivity contribution in [2.45, 2.75) is 32.4 Å². The van der Waals surface area contributed by atoms with Crippen LogP contribution in [0.1, 0.15) is 20.3 Å². The molecule has 0 fully saturated rings. The number of aliphatic hydroxyl groups is 1. The molecule has 4 nitrogen and oxygen atoms in total. The van der Waals surface area contributed by atoms with E-state index in [1.807, 2.05) is 6.92 Å². The molecule has 5 heteroatoms. The van der Waals surface area contributed by atoms with Crippen LogP contribution in [0.3, 0.4) is 0 Å². The van der Waals surface area contributed by atoms with Gasteiger partial charge in [-0.05, 0) is 13.3 Å². The first-order valence-corrected chi connectivity index (χ1v) is 4.93. The van der Waals surface area contributed by atoms with E-state index in [-0.39, 0.29) is 6.04 Å². The Morgan fingerprint density at radius 3 is 2.79 bits per heavy atom. The fourth-order valence-electron chi connectivity index (χ4n) is 1.17. The lowest BCUT2D eigenvalue weighted by Gasteiger charge is -2.19. The molecule has 0 unspecified atom stereocenters. The third kappa shape index (κ3) is 3.12. The van der Waals surface area contributed by atoms with E-state index >= 15 is 0 Å². The second-order valence-electron chi connectivity index (χ2n) is 3.13. The first kappa shape index (κ1) is 11.2. The molecule has 0 aliphatic rings. The molecule has 14 heavy (non-hydrogen) atoms. The molecule has 0 saturated heterocycles. The highest BCUT2D eigenvalue weighted by molar-refractivity contribution is 6.29. The Morgan fingerprint density at radius 2 is 2.29 bits per heavy atom. The second-order valence-corrected chi connectivity index (χ2v) is 3.51. The zero-order valence-corrected chi connectivity index (χ0v) is 8.99. The molecule has 0 bridgehead atoms. The minimum absolute atomic E-state index is 0.0252. The summed E-state index contributed by atoms with van der Waals surface area (Å²) in [6, 6.07) is -0.0252. The quantitative estimate of drug-likeness (QED) is 0.803. The number of halogens is 1. The van der Waals surface area contributed by atoms with E-state index in [1.165, 1.54) is 6.20 Å². The largest absolute Gasteiger partial charge is 0.391 e. The first-order valence-electron chi connectivity index (χ1n) is 4.55. The molecule has 1 heterocycles. The molecule has 0 spiro atoms. The average molecular weight is 216 g/mol. The highest BCUT2D eigenvalue weighted by atomic mass is 35.5. The molecule has 2 N–H and O–H groups in total. The van der Waals surface area contributed by atoms with Gasteiger partial charge in [-0.15, -0.1) is 0 Å². The van der Waals surface area contributed by atoms with Gasteiger partial charge in [0.05, 0.1) is 24.5 Å². The topological polar surface area (TPSA) is 58.0 Å². The second kappa shape index (κ2) is 5.12. The maximum Gasteiger partial charge on any atom is 0.149 e. The number of hydrogen-bond donors (Lipinski definition) is 2. The average Bonchev–Trinajstić information content (AvgIpc) is 2.14. The predicted octanol–water partition coefficient (Wildman–Crippen LogP) is 1.70. The van der Waals surface area contributed by atoms with Gasteiger partial charge in [0.15, 0.2) is 0 Å². The lowest BCUT2D eigenvalue weighted by Crippen LogP contribution is -2.30. The van der Waals surface area contributed by atoms with Gasteiger partial charge in [0.25, 0.3) is 0 Å².